The van der Waals surface area contributed by atoms with E-state index in [2.05, 4.69) is 5.10 Å². The number of alkyl halides is 3. The summed E-state index contributed by atoms with van der Waals surface area (Å²) in [5.41, 5.74) is 0.194. The number of esters is 1. The lowest BCUT2D eigenvalue weighted by molar-refractivity contribution is -0.158. The summed E-state index contributed by atoms with van der Waals surface area (Å²) in [5.74, 6) is 0.0777. The van der Waals surface area contributed by atoms with Crippen molar-refractivity contribution in [3.05, 3.63) is 75.5 Å². The average molecular weight is 506 g/mol. The molecule has 0 spiro atoms. The van der Waals surface area contributed by atoms with Crippen molar-refractivity contribution in [2.24, 2.45) is 0 Å². The van der Waals surface area contributed by atoms with E-state index in [9.17, 15) is 22.8 Å². The zero-order chi connectivity index (χ0) is 26.8. The molecule has 1 unspecified atom stereocenters. The van der Waals surface area contributed by atoms with Crippen molar-refractivity contribution < 1.29 is 27.4 Å². The number of ether oxygens (including phenoxy) is 2. The fourth-order valence-electron chi connectivity index (χ4n) is 4.01. The summed E-state index contributed by atoms with van der Waals surface area (Å²) < 4.78 is 52.3. The maximum atomic E-state index is 13.2. The highest BCUT2D eigenvalue weighted by Crippen LogP contribution is 2.33. The maximum Gasteiger partial charge on any atom is 0.416 e. The Morgan fingerprint density at radius 3 is 2.14 bits per heavy atom. The van der Waals surface area contributed by atoms with Gasteiger partial charge in [-0.1, -0.05) is 19.1 Å². The minimum Gasteiger partial charge on any atom is -0.476 e. The molecule has 0 saturated carbocycles. The first kappa shape index (κ1) is 27.0. The highest BCUT2D eigenvalue weighted by atomic mass is 19.4. The lowest BCUT2D eigenvalue weighted by Gasteiger charge is -2.27. The van der Waals surface area contributed by atoms with E-state index in [-0.39, 0.29) is 12.3 Å². The SMILES string of the molecule is CCOC(=O)C(C)(C)Oc1c(C)cc(C(CC)n2ncn(-c3ccc(C(F)(F)F)cc3)c2=O)cc1C. The van der Waals surface area contributed by atoms with E-state index in [1.807, 2.05) is 32.9 Å². The number of aromatic nitrogens is 3. The molecule has 1 heterocycles. The Hall–Kier alpha value is -3.56. The monoisotopic (exact) mass is 505 g/mol. The van der Waals surface area contributed by atoms with Crippen LogP contribution in [0.5, 0.6) is 5.75 Å². The fraction of sp³-hybridized carbons (Fsp3) is 0.423. The van der Waals surface area contributed by atoms with Gasteiger partial charge in [-0.3, -0.25) is 0 Å². The molecule has 3 rings (SSSR count). The summed E-state index contributed by atoms with van der Waals surface area (Å²) in [4.78, 5) is 25.4. The summed E-state index contributed by atoms with van der Waals surface area (Å²) in [6, 6.07) is 7.67. The third-order valence-electron chi connectivity index (χ3n) is 5.84. The molecule has 1 atom stereocenters. The van der Waals surface area contributed by atoms with Gasteiger partial charge in [0.05, 0.1) is 23.9 Å². The molecule has 0 aliphatic carbocycles. The van der Waals surface area contributed by atoms with Crippen LogP contribution in [0.1, 0.15) is 62.4 Å². The Labute approximate surface area is 207 Å². The molecular weight excluding hydrogens is 475 g/mol. The number of hydrogen-bond donors (Lipinski definition) is 0. The van der Waals surface area contributed by atoms with Crippen LogP contribution in [-0.2, 0) is 15.7 Å². The highest BCUT2D eigenvalue weighted by molar-refractivity contribution is 5.79. The van der Waals surface area contributed by atoms with Gasteiger partial charge >= 0.3 is 17.8 Å². The Bertz CT molecular complexity index is 1270. The summed E-state index contributed by atoms with van der Waals surface area (Å²) in [5, 5.41) is 4.25. The third kappa shape index (κ3) is 5.47. The average Bonchev–Trinajstić information content (AvgIpc) is 3.17. The Balaban J connectivity index is 1.94. The smallest absolute Gasteiger partial charge is 0.416 e. The summed E-state index contributed by atoms with van der Waals surface area (Å²) in [6.07, 6.45) is -2.62. The zero-order valence-electron chi connectivity index (χ0n) is 21.1. The number of nitrogens with zero attached hydrogens (tertiary/aromatic N) is 3. The number of aryl methyl sites for hydroxylation is 2. The molecule has 3 aromatic rings. The molecule has 0 bridgehead atoms. The number of halogens is 3. The number of carbonyl (C=O) groups excluding carboxylic acids is 1. The van der Waals surface area contributed by atoms with Gasteiger partial charge in [0.1, 0.15) is 12.1 Å². The van der Waals surface area contributed by atoms with Gasteiger partial charge < -0.3 is 9.47 Å². The van der Waals surface area contributed by atoms with E-state index < -0.39 is 35.0 Å². The minimum absolute atomic E-state index is 0.245. The van der Waals surface area contributed by atoms with Crippen LogP contribution in [0.3, 0.4) is 0 Å². The van der Waals surface area contributed by atoms with Gasteiger partial charge in [0, 0.05) is 0 Å². The predicted octanol–water partition coefficient (Wildman–Crippen LogP) is 5.39. The molecule has 194 valence electrons. The fourth-order valence-corrected chi connectivity index (χ4v) is 4.01. The van der Waals surface area contributed by atoms with Gasteiger partial charge in [-0.05, 0) is 82.0 Å². The van der Waals surface area contributed by atoms with Gasteiger partial charge in [0.15, 0.2) is 5.60 Å². The van der Waals surface area contributed by atoms with Crippen LogP contribution in [0.15, 0.2) is 47.5 Å². The molecule has 0 N–H and O–H groups in total. The predicted molar refractivity (Wildman–Crippen MR) is 129 cm³/mol. The molecule has 2 aromatic carbocycles. The molecule has 0 fully saturated rings. The van der Waals surface area contributed by atoms with E-state index in [0.29, 0.717) is 12.2 Å². The molecule has 0 aliphatic rings. The van der Waals surface area contributed by atoms with Crippen LogP contribution in [-0.4, -0.2) is 32.5 Å². The molecule has 0 amide bonds. The second-order valence-corrected chi connectivity index (χ2v) is 9.01. The van der Waals surface area contributed by atoms with Gasteiger partial charge in [-0.2, -0.15) is 18.3 Å². The van der Waals surface area contributed by atoms with Crippen LogP contribution in [0, 0.1) is 13.8 Å². The van der Waals surface area contributed by atoms with Crippen molar-refractivity contribution in [1.29, 1.82) is 0 Å². The van der Waals surface area contributed by atoms with E-state index in [0.717, 1.165) is 28.8 Å². The van der Waals surface area contributed by atoms with Crippen LogP contribution < -0.4 is 10.4 Å². The van der Waals surface area contributed by atoms with Crippen molar-refractivity contribution >= 4 is 5.97 Å². The van der Waals surface area contributed by atoms with Crippen LogP contribution in [0.25, 0.3) is 5.69 Å². The second-order valence-electron chi connectivity index (χ2n) is 9.01. The van der Waals surface area contributed by atoms with Gasteiger partial charge in [0.25, 0.3) is 0 Å². The molecule has 10 heteroatoms. The highest BCUT2D eigenvalue weighted by Gasteiger charge is 2.33. The lowest BCUT2D eigenvalue weighted by Crippen LogP contribution is -2.40. The number of rotatable bonds is 8. The summed E-state index contributed by atoms with van der Waals surface area (Å²) >= 11 is 0. The lowest BCUT2D eigenvalue weighted by atomic mass is 9.98. The van der Waals surface area contributed by atoms with Crippen molar-refractivity contribution in [3.63, 3.8) is 0 Å². The van der Waals surface area contributed by atoms with Crippen molar-refractivity contribution in [3.8, 4) is 11.4 Å². The molecule has 7 nitrogen and oxygen atoms in total. The minimum atomic E-state index is -4.46. The quantitative estimate of drug-likeness (QED) is 0.384. The Kier molecular flexibility index (Phi) is 7.66. The van der Waals surface area contributed by atoms with E-state index >= 15 is 0 Å². The van der Waals surface area contributed by atoms with Gasteiger partial charge in [-0.25, -0.2) is 18.8 Å². The van der Waals surface area contributed by atoms with Crippen LogP contribution >= 0.6 is 0 Å². The molecule has 1 aromatic heterocycles. The van der Waals surface area contributed by atoms with Gasteiger partial charge in [-0.15, -0.1) is 0 Å². The summed E-state index contributed by atoms with van der Waals surface area (Å²) in [7, 11) is 0. The largest absolute Gasteiger partial charge is 0.476 e. The van der Waals surface area contributed by atoms with E-state index in [1.165, 1.54) is 27.7 Å². The number of carbonyl (C=O) groups is 1. The third-order valence-corrected chi connectivity index (χ3v) is 5.84. The van der Waals surface area contributed by atoms with Crippen LogP contribution in [0.2, 0.25) is 0 Å². The topological polar surface area (TPSA) is 75.3 Å². The van der Waals surface area contributed by atoms with E-state index in [4.69, 9.17) is 9.47 Å². The molecule has 0 radical (unpaired) electrons. The zero-order valence-corrected chi connectivity index (χ0v) is 21.1. The number of benzene rings is 2. The van der Waals surface area contributed by atoms with Crippen molar-refractivity contribution in [2.75, 3.05) is 6.61 Å². The standard InChI is InChI=1S/C26H30F3N3O4/c1-7-21(18-13-16(3)22(17(4)14-18)36-25(5,6)23(33)35-8-2)32-24(34)31(15-30-32)20-11-9-19(10-12-20)26(27,28)29/h9-15,21H,7-8H2,1-6H3. The van der Waals surface area contributed by atoms with Crippen molar-refractivity contribution in [2.45, 2.75) is 65.8 Å². The first-order chi connectivity index (χ1) is 16.8. The maximum absolute atomic E-state index is 13.2. The first-order valence-corrected chi connectivity index (χ1v) is 11.6. The Morgan fingerprint density at radius 1 is 1.06 bits per heavy atom. The molecule has 0 saturated heterocycles. The molecule has 36 heavy (non-hydrogen) atoms. The summed E-state index contributed by atoms with van der Waals surface area (Å²) in [6.45, 7) is 10.9. The van der Waals surface area contributed by atoms with Gasteiger partial charge in [0.2, 0.25) is 0 Å². The van der Waals surface area contributed by atoms with Crippen LogP contribution in [0.4, 0.5) is 13.2 Å². The van der Waals surface area contributed by atoms with E-state index in [1.54, 1.807) is 20.8 Å². The Morgan fingerprint density at radius 2 is 1.64 bits per heavy atom. The second kappa shape index (κ2) is 10.2. The first-order valence-electron chi connectivity index (χ1n) is 11.6. The molecule has 0 aliphatic heterocycles. The number of hydrogen-bond acceptors (Lipinski definition) is 5. The van der Waals surface area contributed by atoms with Crippen molar-refractivity contribution in [1.82, 2.24) is 14.3 Å². The normalized spacial score (nSPS) is 12.9. The molecular formula is C26H30F3N3O4.